The van der Waals surface area contributed by atoms with Crippen molar-refractivity contribution < 1.29 is 0 Å². The minimum atomic E-state index is 0.596. The zero-order valence-corrected chi connectivity index (χ0v) is 23.2. The molecule has 0 aromatic carbocycles. The first-order valence-corrected chi connectivity index (χ1v) is 14.1. The minimum Gasteiger partial charge on any atom is -0.299 e. The summed E-state index contributed by atoms with van der Waals surface area (Å²) in [5.41, 5.74) is 4.69. The summed E-state index contributed by atoms with van der Waals surface area (Å²) in [6, 6.07) is 0.596. The Hall–Kier alpha value is -1.12. The number of rotatable bonds is 19. The molecular formula is C31H56N2. The van der Waals surface area contributed by atoms with Gasteiger partial charge in [0, 0.05) is 19.1 Å². The number of hydrogen-bond donors (Lipinski definition) is 0. The third kappa shape index (κ3) is 14.7. The Morgan fingerprint density at radius 3 is 2.36 bits per heavy atom. The van der Waals surface area contributed by atoms with Gasteiger partial charge in [0.15, 0.2) is 0 Å². The van der Waals surface area contributed by atoms with Crippen molar-refractivity contribution in [3.05, 3.63) is 47.1 Å². The SMILES string of the molecule is C/C=C(\CC/C(C)=C/CCCC)CN(CCCN(CCCCC)CC1=CCCC=C1)C(C)C. The van der Waals surface area contributed by atoms with E-state index in [1.54, 1.807) is 11.1 Å². The average molecular weight is 457 g/mol. The van der Waals surface area contributed by atoms with Gasteiger partial charge in [-0.05, 0) is 97.8 Å². The molecule has 0 atom stereocenters. The molecule has 0 amide bonds. The molecule has 1 aliphatic carbocycles. The summed E-state index contributed by atoms with van der Waals surface area (Å²) in [5.74, 6) is 0. The number of allylic oxidation sites excluding steroid dienone is 5. The normalized spacial score (nSPS) is 15.2. The molecule has 0 aromatic rings. The second kappa shape index (κ2) is 19.2. The van der Waals surface area contributed by atoms with Gasteiger partial charge in [0.2, 0.25) is 0 Å². The van der Waals surface area contributed by atoms with E-state index in [0.717, 1.165) is 13.1 Å². The Labute approximate surface area is 207 Å². The maximum Gasteiger partial charge on any atom is 0.0230 e. The third-order valence-electron chi connectivity index (χ3n) is 6.91. The minimum absolute atomic E-state index is 0.596. The number of nitrogens with zero attached hydrogens (tertiary/aromatic N) is 2. The molecule has 2 heteroatoms. The Morgan fingerprint density at radius 1 is 0.970 bits per heavy atom. The number of unbranched alkanes of at least 4 members (excludes halogenated alkanes) is 4. The smallest absolute Gasteiger partial charge is 0.0230 e. The predicted octanol–water partition coefficient (Wildman–Crippen LogP) is 8.72. The fraction of sp³-hybridized carbons (Fsp3) is 0.742. The van der Waals surface area contributed by atoms with Crippen molar-refractivity contribution in [3.8, 4) is 0 Å². The molecule has 0 saturated heterocycles. The molecule has 0 saturated carbocycles. The zero-order chi connectivity index (χ0) is 24.3. The first-order chi connectivity index (χ1) is 16.0. The highest BCUT2D eigenvalue weighted by atomic mass is 15.2. The van der Waals surface area contributed by atoms with Crippen LogP contribution in [0.1, 0.15) is 112 Å². The molecule has 0 N–H and O–H groups in total. The van der Waals surface area contributed by atoms with Crippen LogP contribution in [0, 0.1) is 0 Å². The molecule has 0 aliphatic heterocycles. The fourth-order valence-electron chi connectivity index (χ4n) is 4.50. The molecule has 2 nitrogen and oxygen atoms in total. The van der Waals surface area contributed by atoms with Gasteiger partial charge in [-0.1, -0.05) is 81.1 Å². The lowest BCUT2D eigenvalue weighted by Gasteiger charge is -2.30. The molecule has 0 aromatic heterocycles. The lowest BCUT2D eigenvalue weighted by atomic mass is 10.0. The highest BCUT2D eigenvalue weighted by Crippen LogP contribution is 2.17. The Morgan fingerprint density at radius 2 is 1.73 bits per heavy atom. The fourth-order valence-corrected chi connectivity index (χ4v) is 4.50. The van der Waals surface area contributed by atoms with Crippen LogP contribution in [0.25, 0.3) is 0 Å². The molecule has 0 fully saturated rings. The molecule has 1 aliphatic rings. The zero-order valence-electron chi connectivity index (χ0n) is 23.2. The molecule has 0 radical (unpaired) electrons. The maximum absolute atomic E-state index is 2.71. The molecule has 33 heavy (non-hydrogen) atoms. The topological polar surface area (TPSA) is 6.48 Å². The summed E-state index contributed by atoms with van der Waals surface area (Å²) in [7, 11) is 0. The third-order valence-corrected chi connectivity index (χ3v) is 6.91. The van der Waals surface area contributed by atoms with Crippen LogP contribution in [-0.4, -0.2) is 48.6 Å². The van der Waals surface area contributed by atoms with Crippen molar-refractivity contribution in [1.29, 1.82) is 0 Å². The van der Waals surface area contributed by atoms with Crippen LogP contribution in [0.5, 0.6) is 0 Å². The van der Waals surface area contributed by atoms with E-state index in [2.05, 4.69) is 81.7 Å². The van der Waals surface area contributed by atoms with E-state index < -0.39 is 0 Å². The first-order valence-electron chi connectivity index (χ1n) is 14.1. The van der Waals surface area contributed by atoms with Crippen molar-refractivity contribution in [2.45, 2.75) is 118 Å². The Kier molecular flexibility index (Phi) is 17.4. The summed E-state index contributed by atoms with van der Waals surface area (Å²) in [6.45, 7) is 19.7. The summed E-state index contributed by atoms with van der Waals surface area (Å²) in [5, 5.41) is 0. The standard InChI is InChI=1S/C31H56N2/c1-7-10-13-18-29(6)21-22-30(9-3)27-33(28(4)5)25-17-24-32(23-16-11-8-2)26-31-19-14-12-15-20-31/h9,14,18-20,28H,7-8,10-13,15-17,21-27H2,1-6H3/b29-18+,30-9+. The highest BCUT2D eigenvalue weighted by Gasteiger charge is 2.13. The van der Waals surface area contributed by atoms with Crippen LogP contribution >= 0.6 is 0 Å². The van der Waals surface area contributed by atoms with E-state index in [4.69, 9.17) is 0 Å². The predicted molar refractivity (Wildman–Crippen MR) is 150 cm³/mol. The van der Waals surface area contributed by atoms with Gasteiger partial charge in [0.05, 0.1) is 0 Å². The molecule has 190 valence electrons. The maximum atomic E-state index is 2.71. The molecule has 0 bridgehead atoms. The second-order valence-electron chi connectivity index (χ2n) is 10.3. The molecular weight excluding hydrogens is 400 g/mol. The van der Waals surface area contributed by atoms with Gasteiger partial charge in [0.1, 0.15) is 0 Å². The van der Waals surface area contributed by atoms with E-state index in [1.165, 1.54) is 95.8 Å². The van der Waals surface area contributed by atoms with Crippen LogP contribution < -0.4 is 0 Å². The van der Waals surface area contributed by atoms with Crippen molar-refractivity contribution in [1.82, 2.24) is 9.80 Å². The van der Waals surface area contributed by atoms with Gasteiger partial charge in [0.25, 0.3) is 0 Å². The van der Waals surface area contributed by atoms with E-state index in [-0.39, 0.29) is 0 Å². The van der Waals surface area contributed by atoms with E-state index >= 15 is 0 Å². The first kappa shape index (κ1) is 29.9. The number of hydrogen-bond acceptors (Lipinski definition) is 2. The van der Waals surface area contributed by atoms with Crippen LogP contribution in [-0.2, 0) is 0 Å². The molecule has 0 unspecified atom stereocenters. The van der Waals surface area contributed by atoms with Crippen LogP contribution in [0.3, 0.4) is 0 Å². The second-order valence-corrected chi connectivity index (χ2v) is 10.3. The van der Waals surface area contributed by atoms with E-state index in [0.29, 0.717) is 6.04 Å². The lowest BCUT2D eigenvalue weighted by Crippen LogP contribution is -2.36. The van der Waals surface area contributed by atoms with Crippen LogP contribution in [0.4, 0.5) is 0 Å². The van der Waals surface area contributed by atoms with Crippen molar-refractivity contribution in [2.75, 3.05) is 32.7 Å². The van der Waals surface area contributed by atoms with E-state index in [1.807, 2.05) is 0 Å². The van der Waals surface area contributed by atoms with Crippen molar-refractivity contribution in [3.63, 3.8) is 0 Å². The lowest BCUT2D eigenvalue weighted by molar-refractivity contribution is 0.211. The van der Waals surface area contributed by atoms with Gasteiger partial charge >= 0.3 is 0 Å². The summed E-state index contributed by atoms with van der Waals surface area (Å²) < 4.78 is 0. The summed E-state index contributed by atoms with van der Waals surface area (Å²) in [6.07, 6.45) is 25.9. The quantitative estimate of drug-likeness (QED) is 0.142. The molecule has 0 heterocycles. The van der Waals surface area contributed by atoms with Crippen LogP contribution in [0.15, 0.2) is 47.1 Å². The van der Waals surface area contributed by atoms with Crippen molar-refractivity contribution >= 4 is 0 Å². The van der Waals surface area contributed by atoms with Gasteiger partial charge in [-0.3, -0.25) is 9.80 Å². The van der Waals surface area contributed by atoms with Gasteiger partial charge < -0.3 is 0 Å². The van der Waals surface area contributed by atoms with E-state index in [9.17, 15) is 0 Å². The van der Waals surface area contributed by atoms with Gasteiger partial charge in [-0.25, -0.2) is 0 Å². The summed E-state index contributed by atoms with van der Waals surface area (Å²) in [4.78, 5) is 5.39. The highest BCUT2D eigenvalue weighted by molar-refractivity contribution is 5.23. The van der Waals surface area contributed by atoms with Crippen molar-refractivity contribution in [2.24, 2.45) is 0 Å². The Bertz CT molecular complexity index is 608. The summed E-state index contributed by atoms with van der Waals surface area (Å²) >= 11 is 0. The largest absolute Gasteiger partial charge is 0.299 e. The van der Waals surface area contributed by atoms with Gasteiger partial charge in [-0.15, -0.1) is 0 Å². The van der Waals surface area contributed by atoms with Crippen LogP contribution in [0.2, 0.25) is 0 Å². The average Bonchev–Trinajstić information content (AvgIpc) is 2.81. The molecule has 0 spiro atoms. The monoisotopic (exact) mass is 456 g/mol. The Balaban J connectivity index is 2.54. The van der Waals surface area contributed by atoms with Gasteiger partial charge in [-0.2, -0.15) is 0 Å². The molecule has 1 rings (SSSR count).